The number of para-hydroxylation sites is 1. The summed E-state index contributed by atoms with van der Waals surface area (Å²) in [6.07, 6.45) is 5.50. The lowest BCUT2D eigenvalue weighted by Gasteiger charge is -2.36. The Bertz CT molecular complexity index is 387. The third-order valence-corrected chi connectivity index (χ3v) is 4.41. The van der Waals surface area contributed by atoms with Crippen LogP contribution in [0, 0.1) is 12.8 Å². The molecular formula is C17H28N2. The van der Waals surface area contributed by atoms with Crippen molar-refractivity contribution in [1.29, 1.82) is 0 Å². The van der Waals surface area contributed by atoms with Crippen LogP contribution >= 0.6 is 0 Å². The van der Waals surface area contributed by atoms with E-state index in [0.29, 0.717) is 6.04 Å². The summed E-state index contributed by atoms with van der Waals surface area (Å²) in [6.45, 7) is 6.68. The van der Waals surface area contributed by atoms with Crippen LogP contribution in [0.5, 0.6) is 0 Å². The standard InChI is InChI=1S/C17H28N2/c1-4-18-16-11-7-6-10-15(16)13-19(3)17-12-8-5-9-14(17)2/h5,8-9,12,15-16,18H,4,6-7,10-11,13H2,1-3H3. The van der Waals surface area contributed by atoms with Gasteiger partial charge >= 0.3 is 0 Å². The number of hydrogen-bond donors (Lipinski definition) is 1. The molecule has 2 unspecified atom stereocenters. The van der Waals surface area contributed by atoms with Crippen LogP contribution in [0.15, 0.2) is 24.3 Å². The zero-order valence-electron chi connectivity index (χ0n) is 12.7. The number of nitrogens with one attached hydrogen (secondary N) is 1. The smallest absolute Gasteiger partial charge is 0.0393 e. The number of anilines is 1. The Labute approximate surface area is 118 Å². The van der Waals surface area contributed by atoms with E-state index in [4.69, 9.17) is 0 Å². The molecule has 2 rings (SSSR count). The molecule has 0 saturated heterocycles. The van der Waals surface area contributed by atoms with Crippen LogP contribution in [0.4, 0.5) is 5.69 Å². The van der Waals surface area contributed by atoms with E-state index < -0.39 is 0 Å². The fourth-order valence-electron chi connectivity index (χ4n) is 3.40. The average Bonchev–Trinajstić information content (AvgIpc) is 2.41. The van der Waals surface area contributed by atoms with E-state index in [1.54, 1.807) is 0 Å². The number of aryl methyl sites for hydroxylation is 1. The van der Waals surface area contributed by atoms with Crippen molar-refractivity contribution in [2.24, 2.45) is 5.92 Å². The molecule has 1 aromatic rings. The third-order valence-electron chi connectivity index (χ3n) is 4.41. The fraction of sp³-hybridized carbons (Fsp3) is 0.647. The maximum absolute atomic E-state index is 3.68. The van der Waals surface area contributed by atoms with Gasteiger partial charge in [0.15, 0.2) is 0 Å². The molecule has 0 radical (unpaired) electrons. The van der Waals surface area contributed by atoms with Crippen LogP contribution in [0.3, 0.4) is 0 Å². The molecule has 0 aliphatic heterocycles. The lowest BCUT2D eigenvalue weighted by Crippen LogP contribution is -2.43. The zero-order valence-corrected chi connectivity index (χ0v) is 12.7. The summed E-state index contributed by atoms with van der Waals surface area (Å²) in [5.74, 6) is 0.790. The van der Waals surface area contributed by atoms with Gasteiger partial charge in [0.05, 0.1) is 0 Å². The highest BCUT2D eigenvalue weighted by atomic mass is 15.1. The predicted molar refractivity (Wildman–Crippen MR) is 83.9 cm³/mol. The van der Waals surface area contributed by atoms with Crippen LogP contribution in [0.2, 0.25) is 0 Å². The molecule has 2 nitrogen and oxygen atoms in total. The molecule has 1 aliphatic rings. The SMILES string of the molecule is CCNC1CCCCC1CN(C)c1ccccc1C. The first-order valence-corrected chi connectivity index (χ1v) is 7.72. The van der Waals surface area contributed by atoms with Gasteiger partial charge in [-0.15, -0.1) is 0 Å². The molecule has 106 valence electrons. The lowest BCUT2D eigenvalue weighted by atomic mass is 9.84. The largest absolute Gasteiger partial charge is 0.374 e. The topological polar surface area (TPSA) is 15.3 Å². The number of hydrogen-bond acceptors (Lipinski definition) is 2. The Morgan fingerprint density at radius 3 is 2.68 bits per heavy atom. The van der Waals surface area contributed by atoms with Crippen molar-refractivity contribution in [2.75, 3.05) is 25.0 Å². The predicted octanol–water partition coefficient (Wildman–Crippen LogP) is 3.60. The van der Waals surface area contributed by atoms with Crippen molar-refractivity contribution < 1.29 is 0 Å². The Kier molecular flexibility index (Phi) is 5.26. The maximum Gasteiger partial charge on any atom is 0.0393 e. The molecule has 19 heavy (non-hydrogen) atoms. The van der Waals surface area contributed by atoms with Gasteiger partial charge in [-0.3, -0.25) is 0 Å². The molecule has 2 atom stereocenters. The van der Waals surface area contributed by atoms with Gasteiger partial charge in [0.25, 0.3) is 0 Å². The van der Waals surface area contributed by atoms with Crippen LogP contribution in [-0.2, 0) is 0 Å². The Morgan fingerprint density at radius 1 is 1.21 bits per heavy atom. The van der Waals surface area contributed by atoms with Gasteiger partial charge in [-0.2, -0.15) is 0 Å². The highest BCUT2D eigenvalue weighted by Crippen LogP contribution is 2.27. The van der Waals surface area contributed by atoms with Crippen LogP contribution in [0.1, 0.15) is 38.2 Å². The molecular weight excluding hydrogens is 232 g/mol. The lowest BCUT2D eigenvalue weighted by molar-refractivity contribution is 0.269. The number of rotatable bonds is 5. The molecule has 0 spiro atoms. The van der Waals surface area contributed by atoms with Gasteiger partial charge in [-0.05, 0) is 43.9 Å². The summed E-state index contributed by atoms with van der Waals surface area (Å²) in [6, 6.07) is 9.41. The maximum atomic E-state index is 3.68. The Morgan fingerprint density at radius 2 is 1.95 bits per heavy atom. The van der Waals surface area contributed by atoms with Crippen molar-refractivity contribution in [2.45, 2.75) is 45.6 Å². The first kappa shape index (κ1) is 14.4. The quantitative estimate of drug-likeness (QED) is 0.870. The number of nitrogens with zero attached hydrogens (tertiary/aromatic N) is 1. The van der Waals surface area contributed by atoms with Crippen LogP contribution < -0.4 is 10.2 Å². The summed E-state index contributed by atoms with van der Waals surface area (Å²) in [5, 5.41) is 3.68. The van der Waals surface area contributed by atoms with E-state index in [9.17, 15) is 0 Å². The first-order chi connectivity index (χ1) is 9.22. The molecule has 1 aromatic carbocycles. The highest BCUT2D eigenvalue weighted by Gasteiger charge is 2.25. The average molecular weight is 260 g/mol. The third kappa shape index (κ3) is 3.73. The molecule has 0 amide bonds. The number of benzene rings is 1. The van der Waals surface area contributed by atoms with Crippen molar-refractivity contribution in [3.63, 3.8) is 0 Å². The van der Waals surface area contributed by atoms with E-state index >= 15 is 0 Å². The molecule has 0 bridgehead atoms. The van der Waals surface area contributed by atoms with E-state index in [1.807, 2.05) is 0 Å². The Balaban J connectivity index is 2.00. The van der Waals surface area contributed by atoms with Crippen molar-refractivity contribution in [3.05, 3.63) is 29.8 Å². The van der Waals surface area contributed by atoms with E-state index in [2.05, 4.69) is 55.4 Å². The summed E-state index contributed by atoms with van der Waals surface area (Å²) < 4.78 is 0. The summed E-state index contributed by atoms with van der Waals surface area (Å²) >= 11 is 0. The second kappa shape index (κ2) is 6.95. The Hall–Kier alpha value is -1.02. The normalized spacial score (nSPS) is 23.3. The fourth-order valence-corrected chi connectivity index (χ4v) is 3.40. The second-order valence-corrected chi connectivity index (χ2v) is 5.88. The zero-order chi connectivity index (χ0) is 13.7. The molecule has 2 heteroatoms. The second-order valence-electron chi connectivity index (χ2n) is 5.88. The molecule has 0 heterocycles. The molecule has 1 saturated carbocycles. The van der Waals surface area contributed by atoms with Crippen molar-refractivity contribution in [1.82, 2.24) is 5.32 Å². The molecule has 1 aliphatic carbocycles. The summed E-state index contributed by atoms with van der Waals surface area (Å²) in [4.78, 5) is 2.44. The van der Waals surface area contributed by atoms with E-state index in [0.717, 1.165) is 12.5 Å². The van der Waals surface area contributed by atoms with Crippen LogP contribution in [0.25, 0.3) is 0 Å². The van der Waals surface area contributed by atoms with Gasteiger partial charge in [-0.25, -0.2) is 0 Å². The van der Waals surface area contributed by atoms with Crippen molar-refractivity contribution >= 4 is 5.69 Å². The van der Waals surface area contributed by atoms with Gasteiger partial charge in [0.1, 0.15) is 0 Å². The minimum absolute atomic E-state index is 0.713. The molecule has 1 fully saturated rings. The van der Waals surface area contributed by atoms with Crippen LogP contribution in [-0.4, -0.2) is 26.2 Å². The highest BCUT2D eigenvalue weighted by molar-refractivity contribution is 5.52. The monoisotopic (exact) mass is 260 g/mol. The van der Waals surface area contributed by atoms with Gasteiger partial charge in [-0.1, -0.05) is 38.0 Å². The van der Waals surface area contributed by atoms with E-state index in [-0.39, 0.29) is 0 Å². The van der Waals surface area contributed by atoms with Crippen molar-refractivity contribution in [3.8, 4) is 0 Å². The molecule has 0 aromatic heterocycles. The minimum atomic E-state index is 0.713. The first-order valence-electron chi connectivity index (χ1n) is 7.72. The van der Waals surface area contributed by atoms with Gasteiger partial charge in [0, 0.05) is 25.3 Å². The molecule has 1 N–H and O–H groups in total. The summed E-state index contributed by atoms with van der Waals surface area (Å²) in [5.41, 5.74) is 2.75. The van der Waals surface area contributed by atoms with Gasteiger partial charge < -0.3 is 10.2 Å². The van der Waals surface area contributed by atoms with Gasteiger partial charge in [0.2, 0.25) is 0 Å². The van der Waals surface area contributed by atoms with E-state index in [1.165, 1.54) is 43.5 Å². The minimum Gasteiger partial charge on any atom is -0.374 e. The summed E-state index contributed by atoms with van der Waals surface area (Å²) in [7, 11) is 2.24.